The number of rotatable bonds is 6. The highest BCUT2D eigenvalue weighted by molar-refractivity contribution is 6.31. The number of nitrogens with zero attached hydrogens (tertiary/aromatic N) is 1. The fraction of sp³-hybridized carbons (Fsp3) is 0.250. The van der Waals surface area contributed by atoms with Crippen molar-refractivity contribution in [1.29, 1.82) is 0 Å². The number of aromatic amines is 1. The Morgan fingerprint density at radius 2 is 1.57 bits per heavy atom. The van der Waals surface area contributed by atoms with Crippen LogP contribution in [0.15, 0.2) is 64.3 Å². The number of carbonyl (C=O) groups excluding carboxylic acids is 2. The largest absolute Gasteiger partial charge is 0.459 e. The second-order valence-corrected chi connectivity index (χ2v) is 8.75. The first-order chi connectivity index (χ1) is 16.7. The van der Waals surface area contributed by atoms with Crippen LogP contribution in [0.3, 0.4) is 0 Å². The lowest BCUT2D eigenvalue weighted by Gasteiger charge is -2.19. The third-order valence-corrected chi connectivity index (χ3v) is 5.96. The van der Waals surface area contributed by atoms with Crippen molar-refractivity contribution in [3.63, 3.8) is 0 Å². The van der Waals surface area contributed by atoms with Crippen molar-refractivity contribution in [3.05, 3.63) is 102 Å². The van der Waals surface area contributed by atoms with E-state index < -0.39 is 41.6 Å². The van der Waals surface area contributed by atoms with Crippen molar-refractivity contribution in [3.8, 4) is 0 Å². The number of carbonyl (C=O) groups is 2. The summed E-state index contributed by atoms with van der Waals surface area (Å²) in [5, 5.41) is 0.919. The molecular formula is C24H20Cl2N2O7. The van der Waals surface area contributed by atoms with Crippen LogP contribution in [0.1, 0.15) is 38.9 Å². The molecular weight excluding hydrogens is 499 g/mol. The molecule has 182 valence electrons. The maximum atomic E-state index is 12.7. The number of hydrogen-bond donors (Lipinski definition) is 1. The molecule has 3 aromatic rings. The number of halogens is 2. The van der Waals surface area contributed by atoms with Gasteiger partial charge < -0.3 is 19.2 Å². The summed E-state index contributed by atoms with van der Waals surface area (Å²) in [4.78, 5) is 52.6. The van der Waals surface area contributed by atoms with E-state index in [2.05, 4.69) is 4.98 Å². The molecule has 0 amide bonds. The van der Waals surface area contributed by atoms with Crippen molar-refractivity contribution in [1.82, 2.24) is 9.55 Å². The molecule has 2 unspecified atom stereocenters. The summed E-state index contributed by atoms with van der Waals surface area (Å²) in [5.74, 6) is -1.29. The van der Waals surface area contributed by atoms with E-state index in [4.69, 9.17) is 37.4 Å². The second-order valence-electron chi connectivity index (χ2n) is 7.87. The predicted octanol–water partition coefficient (Wildman–Crippen LogP) is 3.52. The average molecular weight is 519 g/mol. The molecule has 0 aliphatic carbocycles. The quantitative estimate of drug-likeness (QED) is 0.496. The minimum atomic E-state index is -1.03. The molecule has 0 saturated carbocycles. The lowest BCUT2D eigenvalue weighted by Crippen LogP contribution is -2.39. The van der Waals surface area contributed by atoms with E-state index in [0.29, 0.717) is 15.6 Å². The number of esters is 2. The maximum absolute atomic E-state index is 12.7. The molecule has 3 atom stereocenters. The van der Waals surface area contributed by atoms with Gasteiger partial charge in [-0.3, -0.25) is 4.79 Å². The molecule has 1 N–H and O–H groups in total. The lowest BCUT2D eigenvalue weighted by molar-refractivity contribution is -0.0590. The van der Waals surface area contributed by atoms with Crippen molar-refractivity contribution >= 4 is 35.1 Å². The Morgan fingerprint density at radius 1 is 1.00 bits per heavy atom. The van der Waals surface area contributed by atoms with Gasteiger partial charge in [-0.2, -0.15) is 0 Å². The van der Waals surface area contributed by atoms with Gasteiger partial charge >= 0.3 is 17.6 Å². The maximum Gasteiger partial charge on any atom is 0.338 e. The highest BCUT2D eigenvalue weighted by atomic mass is 35.5. The summed E-state index contributed by atoms with van der Waals surface area (Å²) in [6, 6.07) is 12.2. The van der Waals surface area contributed by atoms with Crippen LogP contribution >= 0.6 is 23.2 Å². The van der Waals surface area contributed by atoms with Gasteiger partial charge in [0.05, 0.1) is 11.1 Å². The summed E-state index contributed by atoms with van der Waals surface area (Å²) in [6.07, 6.45) is -1.57. The number of aryl methyl sites for hydroxylation is 1. The SMILES string of the molecule is Cc1c[nH]c(=O)n([C@H]2CC(OC(=O)c3ccc(Cl)cc3)C(COC(=O)c3ccc(Cl)cc3)O2)c1=O. The van der Waals surface area contributed by atoms with Gasteiger partial charge in [0, 0.05) is 28.2 Å². The molecule has 4 rings (SSSR count). The van der Waals surface area contributed by atoms with Crippen molar-refractivity contribution in [2.75, 3.05) is 6.61 Å². The first-order valence-corrected chi connectivity index (χ1v) is 11.3. The Hall–Kier alpha value is -3.40. The van der Waals surface area contributed by atoms with Crippen LogP contribution in [0.25, 0.3) is 0 Å². The lowest BCUT2D eigenvalue weighted by atomic mass is 10.1. The highest BCUT2D eigenvalue weighted by Crippen LogP contribution is 2.30. The zero-order valence-corrected chi connectivity index (χ0v) is 19.9. The molecule has 1 aliphatic heterocycles. The van der Waals surface area contributed by atoms with Gasteiger partial charge in [-0.05, 0) is 55.5 Å². The van der Waals surface area contributed by atoms with Gasteiger partial charge in [0.1, 0.15) is 25.0 Å². The minimum absolute atomic E-state index is 0.00503. The van der Waals surface area contributed by atoms with Crippen LogP contribution in [0.5, 0.6) is 0 Å². The number of nitrogens with one attached hydrogen (secondary N) is 1. The zero-order chi connectivity index (χ0) is 25.1. The number of H-pyrrole nitrogens is 1. The van der Waals surface area contributed by atoms with Crippen LogP contribution in [-0.2, 0) is 14.2 Å². The van der Waals surface area contributed by atoms with Gasteiger partial charge in [-0.15, -0.1) is 0 Å². The van der Waals surface area contributed by atoms with E-state index in [0.717, 1.165) is 4.57 Å². The van der Waals surface area contributed by atoms with Crippen molar-refractivity contribution in [2.45, 2.75) is 31.8 Å². The standard InChI is InChI=1S/C24H20Cl2N2O7/c1-13-11-27-24(32)28(21(13)29)20-10-18(35-23(31)15-4-8-17(26)9-5-15)19(34-20)12-33-22(30)14-2-6-16(25)7-3-14/h2-9,11,18-20H,10,12H2,1H3,(H,27,32)/t18?,19?,20-/m1/s1. The van der Waals surface area contributed by atoms with E-state index in [1.54, 1.807) is 31.2 Å². The first-order valence-electron chi connectivity index (χ1n) is 10.6. The molecule has 2 aromatic carbocycles. The molecule has 1 aliphatic rings. The monoisotopic (exact) mass is 518 g/mol. The molecule has 35 heavy (non-hydrogen) atoms. The average Bonchev–Trinajstić information content (AvgIpc) is 3.23. The Bertz CT molecular complexity index is 1350. The molecule has 0 spiro atoms. The number of hydrogen-bond acceptors (Lipinski definition) is 7. The van der Waals surface area contributed by atoms with E-state index in [-0.39, 0.29) is 24.2 Å². The minimum Gasteiger partial charge on any atom is -0.459 e. The van der Waals surface area contributed by atoms with Crippen molar-refractivity contribution in [2.24, 2.45) is 0 Å². The number of benzene rings is 2. The molecule has 9 nitrogen and oxygen atoms in total. The zero-order valence-electron chi connectivity index (χ0n) is 18.4. The van der Waals surface area contributed by atoms with Gasteiger partial charge in [0.15, 0.2) is 0 Å². The van der Waals surface area contributed by atoms with E-state index >= 15 is 0 Å². The molecule has 1 aromatic heterocycles. The molecule has 0 radical (unpaired) electrons. The van der Waals surface area contributed by atoms with Gasteiger partial charge in [0.2, 0.25) is 0 Å². The van der Waals surface area contributed by atoms with Crippen LogP contribution < -0.4 is 11.2 Å². The Kier molecular flexibility index (Phi) is 7.39. The Morgan fingerprint density at radius 3 is 2.17 bits per heavy atom. The third-order valence-electron chi connectivity index (χ3n) is 5.45. The van der Waals surface area contributed by atoms with Crippen LogP contribution in [0.2, 0.25) is 10.0 Å². The van der Waals surface area contributed by atoms with E-state index in [9.17, 15) is 19.2 Å². The summed E-state index contributed by atoms with van der Waals surface area (Å²) < 4.78 is 17.8. The Labute approximate surface area is 209 Å². The third kappa shape index (κ3) is 5.64. The van der Waals surface area contributed by atoms with Gasteiger partial charge in [-0.25, -0.2) is 19.0 Å². The summed E-state index contributed by atoms with van der Waals surface area (Å²) in [7, 11) is 0. The number of aromatic nitrogens is 2. The Balaban J connectivity index is 1.55. The van der Waals surface area contributed by atoms with Crippen molar-refractivity contribution < 1.29 is 23.8 Å². The molecule has 1 saturated heterocycles. The van der Waals surface area contributed by atoms with E-state index in [1.165, 1.54) is 30.5 Å². The van der Waals surface area contributed by atoms with E-state index in [1.807, 2.05) is 0 Å². The molecule has 0 bridgehead atoms. The van der Waals surface area contributed by atoms with Crippen LogP contribution in [0, 0.1) is 6.92 Å². The van der Waals surface area contributed by atoms with Crippen LogP contribution in [-0.4, -0.2) is 40.3 Å². The highest BCUT2D eigenvalue weighted by Gasteiger charge is 2.41. The smallest absolute Gasteiger partial charge is 0.338 e. The van der Waals surface area contributed by atoms with Crippen LogP contribution in [0.4, 0.5) is 0 Å². The summed E-state index contributed by atoms with van der Waals surface area (Å²) in [6.45, 7) is 1.27. The topological polar surface area (TPSA) is 117 Å². The fourth-order valence-electron chi connectivity index (χ4n) is 3.60. The van der Waals surface area contributed by atoms with Gasteiger partial charge in [0.25, 0.3) is 5.56 Å². The fourth-order valence-corrected chi connectivity index (χ4v) is 3.85. The molecule has 11 heteroatoms. The number of ether oxygens (including phenoxy) is 3. The first kappa shape index (κ1) is 24.7. The predicted molar refractivity (Wildman–Crippen MR) is 127 cm³/mol. The molecule has 2 heterocycles. The second kappa shape index (κ2) is 10.5. The normalized spacial score (nSPS) is 19.3. The molecule has 1 fully saturated rings. The summed E-state index contributed by atoms with van der Waals surface area (Å²) >= 11 is 11.7. The van der Waals surface area contributed by atoms with Gasteiger partial charge in [-0.1, -0.05) is 23.2 Å². The summed E-state index contributed by atoms with van der Waals surface area (Å²) in [5.41, 5.74) is -0.390.